The van der Waals surface area contributed by atoms with Crippen LogP contribution in [0, 0.1) is 0 Å². The molecule has 1 fully saturated rings. The molecule has 0 unspecified atom stereocenters. The summed E-state index contributed by atoms with van der Waals surface area (Å²) in [5.74, 6) is -1.16. The number of nitrogens with zero attached hydrogens (tertiary/aromatic N) is 1. The van der Waals surface area contributed by atoms with Gasteiger partial charge in [-0.25, -0.2) is 8.42 Å². The molecular weight excluding hydrogens is 468 g/mol. The number of aliphatic hydroxyl groups is 1. The second-order valence-corrected chi connectivity index (χ2v) is 12.5. The number of benzene rings is 2. The lowest BCUT2D eigenvalue weighted by Gasteiger charge is -2.29. The molecule has 1 aliphatic carbocycles. The molecule has 3 rings (SSSR count). The summed E-state index contributed by atoms with van der Waals surface area (Å²) in [6, 6.07) is 10.7. The molecule has 0 aromatic heterocycles. The van der Waals surface area contributed by atoms with Crippen LogP contribution < -0.4 is 4.72 Å². The van der Waals surface area contributed by atoms with Crippen LogP contribution in [0.4, 0.5) is 0 Å². The molecule has 2 aromatic rings. The van der Waals surface area contributed by atoms with Gasteiger partial charge in [-0.15, -0.1) is 0 Å². The number of rotatable bonds is 10. The molecule has 0 saturated heterocycles. The fraction of sp³-hybridized carbons (Fsp3) is 0.538. The van der Waals surface area contributed by atoms with Crippen molar-refractivity contribution in [3.05, 3.63) is 42.5 Å². The van der Waals surface area contributed by atoms with Crippen LogP contribution >= 0.6 is 0 Å². The average Bonchev–Trinajstić information content (AvgIpc) is 3.56. The first-order valence-electron chi connectivity index (χ1n) is 11.9. The molecule has 0 bridgehead atoms. The zero-order chi connectivity index (χ0) is 26.0. The Bertz CT molecular complexity index is 1180. The van der Waals surface area contributed by atoms with E-state index in [-0.39, 0.29) is 23.3 Å². The van der Waals surface area contributed by atoms with E-state index in [1.54, 1.807) is 51.7 Å². The van der Waals surface area contributed by atoms with Gasteiger partial charge in [-0.1, -0.05) is 30.3 Å². The van der Waals surface area contributed by atoms with Crippen LogP contribution in [-0.2, 0) is 24.3 Å². The number of amides is 1. The molecule has 0 radical (unpaired) electrons. The summed E-state index contributed by atoms with van der Waals surface area (Å²) in [7, 11) is -4.12. The number of nitrogens with one attached hydrogen (secondary N) is 1. The minimum absolute atomic E-state index is 0.00159. The van der Waals surface area contributed by atoms with Gasteiger partial charge >= 0.3 is 5.97 Å². The standard InChI is InChI=1S/C26H36N2O6S/c1-25(2,3)34-24(30)22(17-23(29)28(20-11-12-20)15-14-26(4,5)31)27-35(32,33)21-13-10-18-8-6-7-9-19(18)16-21/h6-10,13,16,20,22,27,31H,11-12,14-15,17H2,1-5H3/t22-/m0/s1. The van der Waals surface area contributed by atoms with E-state index >= 15 is 0 Å². The summed E-state index contributed by atoms with van der Waals surface area (Å²) in [4.78, 5) is 27.8. The number of hydrogen-bond acceptors (Lipinski definition) is 6. The van der Waals surface area contributed by atoms with Crippen molar-refractivity contribution in [1.29, 1.82) is 0 Å². The Morgan fingerprint density at radius 1 is 1.09 bits per heavy atom. The predicted molar refractivity (Wildman–Crippen MR) is 134 cm³/mol. The smallest absolute Gasteiger partial charge is 0.325 e. The highest BCUT2D eigenvalue weighted by molar-refractivity contribution is 7.89. The van der Waals surface area contributed by atoms with Crippen molar-refractivity contribution in [3.8, 4) is 0 Å². The molecule has 2 N–H and O–H groups in total. The molecular formula is C26H36N2O6S. The van der Waals surface area contributed by atoms with Crippen molar-refractivity contribution in [2.24, 2.45) is 0 Å². The summed E-state index contributed by atoms with van der Waals surface area (Å²) in [5, 5.41) is 11.7. The minimum atomic E-state index is -4.12. The van der Waals surface area contributed by atoms with E-state index in [9.17, 15) is 23.1 Å². The zero-order valence-electron chi connectivity index (χ0n) is 21.1. The van der Waals surface area contributed by atoms with Crippen LogP contribution in [0.25, 0.3) is 10.8 Å². The van der Waals surface area contributed by atoms with Gasteiger partial charge in [0.15, 0.2) is 0 Å². The first-order chi connectivity index (χ1) is 16.1. The Balaban J connectivity index is 1.84. The number of hydrogen-bond donors (Lipinski definition) is 2. The molecule has 1 atom stereocenters. The van der Waals surface area contributed by atoms with Gasteiger partial charge in [0.05, 0.1) is 16.9 Å². The highest BCUT2D eigenvalue weighted by Crippen LogP contribution is 2.29. The molecule has 1 saturated carbocycles. The summed E-state index contributed by atoms with van der Waals surface area (Å²) in [5.41, 5.74) is -1.81. The van der Waals surface area contributed by atoms with Crippen LogP contribution in [0.2, 0.25) is 0 Å². The van der Waals surface area contributed by atoms with Gasteiger partial charge in [-0.2, -0.15) is 4.72 Å². The van der Waals surface area contributed by atoms with Gasteiger partial charge in [0, 0.05) is 12.6 Å². The minimum Gasteiger partial charge on any atom is -0.459 e. The summed E-state index contributed by atoms with van der Waals surface area (Å²) in [6.45, 7) is 8.71. The molecule has 35 heavy (non-hydrogen) atoms. The van der Waals surface area contributed by atoms with Crippen LogP contribution in [0.15, 0.2) is 47.4 Å². The molecule has 0 aliphatic heterocycles. The SMILES string of the molecule is CC(C)(O)CCN(C(=O)C[C@H](NS(=O)(=O)c1ccc2ccccc2c1)C(=O)OC(C)(C)C)C1CC1. The highest BCUT2D eigenvalue weighted by Gasteiger charge is 2.37. The number of ether oxygens (including phenoxy) is 1. The Labute approximate surface area is 207 Å². The summed E-state index contributed by atoms with van der Waals surface area (Å²) in [6.07, 6.45) is 1.69. The summed E-state index contributed by atoms with van der Waals surface area (Å²) >= 11 is 0. The van der Waals surface area contributed by atoms with Crippen molar-refractivity contribution >= 4 is 32.7 Å². The van der Waals surface area contributed by atoms with E-state index in [4.69, 9.17) is 4.74 Å². The second kappa shape index (κ2) is 10.2. The van der Waals surface area contributed by atoms with Crippen LogP contribution in [-0.4, -0.2) is 60.1 Å². The third-order valence-electron chi connectivity index (χ3n) is 5.67. The Hall–Kier alpha value is -2.49. The number of carbonyl (C=O) groups is 2. The lowest BCUT2D eigenvalue weighted by Crippen LogP contribution is -2.48. The lowest BCUT2D eigenvalue weighted by molar-refractivity contribution is -0.158. The Kier molecular flexibility index (Phi) is 7.93. The zero-order valence-corrected chi connectivity index (χ0v) is 21.9. The fourth-order valence-corrected chi connectivity index (χ4v) is 4.94. The van der Waals surface area contributed by atoms with E-state index in [0.29, 0.717) is 13.0 Å². The number of fused-ring (bicyclic) bond motifs is 1. The van der Waals surface area contributed by atoms with Gasteiger partial charge in [-0.3, -0.25) is 9.59 Å². The number of sulfonamides is 1. The van der Waals surface area contributed by atoms with E-state index in [1.807, 2.05) is 18.2 Å². The predicted octanol–water partition coefficient (Wildman–Crippen LogP) is 3.37. The van der Waals surface area contributed by atoms with Gasteiger partial charge in [0.1, 0.15) is 11.6 Å². The number of carbonyl (C=O) groups excluding carboxylic acids is 2. The molecule has 0 heterocycles. The van der Waals surface area contributed by atoms with Gasteiger partial charge in [-0.05, 0) is 76.8 Å². The normalized spacial score (nSPS) is 15.6. The first kappa shape index (κ1) is 27.1. The monoisotopic (exact) mass is 504 g/mol. The van der Waals surface area contributed by atoms with Crippen molar-refractivity contribution in [2.75, 3.05) is 6.54 Å². The van der Waals surface area contributed by atoms with E-state index in [2.05, 4.69) is 4.72 Å². The van der Waals surface area contributed by atoms with Crippen molar-refractivity contribution in [1.82, 2.24) is 9.62 Å². The molecule has 1 aliphatic rings. The van der Waals surface area contributed by atoms with E-state index < -0.39 is 33.2 Å². The second-order valence-electron chi connectivity index (χ2n) is 10.8. The quantitative estimate of drug-likeness (QED) is 0.480. The molecule has 0 spiro atoms. The lowest BCUT2D eigenvalue weighted by atomic mass is 10.0. The van der Waals surface area contributed by atoms with Crippen molar-refractivity contribution in [2.45, 2.75) is 88.5 Å². The maximum Gasteiger partial charge on any atom is 0.325 e. The van der Waals surface area contributed by atoms with Crippen molar-refractivity contribution in [3.63, 3.8) is 0 Å². The topological polar surface area (TPSA) is 113 Å². The van der Waals surface area contributed by atoms with Crippen LogP contribution in [0.5, 0.6) is 0 Å². The van der Waals surface area contributed by atoms with E-state index in [1.165, 1.54) is 12.1 Å². The first-order valence-corrected chi connectivity index (χ1v) is 13.4. The third kappa shape index (κ3) is 8.02. The van der Waals surface area contributed by atoms with Crippen molar-refractivity contribution < 1.29 is 27.9 Å². The van der Waals surface area contributed by atoms with Gasteiger partial charge in [0.25, 0.3) is 0 Å². The third-order valence-corrected chi connectivity index (χ3v) is 7.14. The molecule has 8 nitrogen and oxygen atoms in total. The van der Waals surface area contributed by atoms with Gasteiger partial charge < -0.3 is 14.7 Å². The molecule has 192 valence electrons. The van der Waals surface area contributed by atoms with Crippen LogP contribution in [0.1, 0.15) is 60.3 Å². The van der Waals surface area contributed by atoms with Gasteiger partial charge in [0.2, 0.25) is 15.9 Å². The van der Waals surface area contributed by atoms with Crippen LogP contribution in [0.3, 0.4) is 0 Å². The summed E-state index contributed by atoms with van der Waals surface area (Å²) < 4.78 is 34.3. The number of esters is 1. The largest absolute Gasteiger partial charge is 0.459 e. The maximum atomic E-state index is 13.2. The Morgan fingerprint density at radius 3 is 2.29 bits per heavy atom. The maximum absolute atomic E-state index is 13.2. The average molecular weight is 505 g/mol. The molecule has 1 amide bonds. The highest BCUT2D eigenvalue weighted by atomic mass is 32.2. The fourth-order valence-electron chi connectivity index (χ4n) is 3.72. The molecule has 2 aromatic carbocycles. The van der Waals surface area contributed by atoms with E-state index in [0.717, 1.165) is 23.6 Å². The Morgan fingerprint density at radius 2 is 1.71 bits per heavy atom. The molecule has 9 heteroatoms.